The zero-order valence-electron chi connectivity index (χ0n) is 20.1. The van der Waals surface area contributed by atoms with E-state index in [-0.39, 0.29) is 24.1 Å². The van der Waals surface area contributed by atoms with Gasteiger partial charge in [-0.25, -0.2) is 9.79 Å². The van der Waals surface area contributed by atoms with E-state index in [4.69, 9.17) is 18.9 Å². The van der Waals surface area contributed by atoms with E-state index >= 15 is 0 Å². The van der Waals surface area contributed by atoms with Crippen LogP contribution in [0.15, 0.2) is 53.2 Å². The summed E-state index contributed by atoms with van der Waals surface area (Å²) in [7, 11) is 0. The molecule has 0 N–H and O–H groups in total. The third kappa shape index (κ3) is 6.01. The molecule has 0 bridgehead atoms. The molecule has 2 aliphatic rings. The zero-order chi connectivity index (χ0) is 24.6. The van der Waals surface area contributed by atoms with Gasteiger partial charge in [-0.05, 0) is 69.0 Å². The van der Waals surface area contributed by atoms with Crippen LogP contribution >= 0.6 is 0 Å². The van der Waals surface area contributed by atoms with Crippen molar-refractivity contribution in [1.29, 1.82) is 0 Å². The number of piperidine rings is 1. The van der Waals surface area contributed by atoms with Crippen LogP contribution in [-0.4, -0.2) is 55.6 Å². The summed E-state index contributed by atoms with van der Waals surface area (Å²) in [6.07, 6.45) is 4.85. The summed E-state index contributed by atoms with van der Waals surface area (Å²) in [6.45, 7) is 6.18. The Balaban J connectivity index is 1.51. The van der Waals surface area contributed by atoms with Gasteiger partial charge in [0.1, 0.15) is 5.75 Å². The van der Waals surface area contributed by atoms with Crippen molar-refractivity contribution in [2.75, 3.05) is 32.9 Å². The minimum absolute atomic E-state index is 0.0266. The van der Waals surface area contributed by atoms with Gasteiger partial charge in [-0.15, -0.1) is 0 Å². The largest absolute Gasteiger partial charge is 0.493 e. The lowest BCUT2D eigenvalue weighted by Gasteiger charge is -2.26. The molecule has 2 aromatic carbocycles. The third-order valence-electron chi connectivity index (χ3n) is 5.67. The van der Waals surface area contributed by atoms with Gasteiger partial charge >= 0.3 is 5.97 Å². The molecule has 1 amide bonds. The predicted octanol–water partition coefficient (Wildman–Crippen LogP) is 4.22. The first-order valence-corrected chi connectivity index (χ1v) is 12.0. The van der Waals surface area contributed by atoms with E-state index in [0.29, 0.717) is 41.6 Å². The van der Waals surface area contributed by atoms with Gasteiger partial charge in [0.05, 0.1) is 18.8 Å². The van der Waals surface area contributed by atoms with Crippen LogP contribution in [0.1, 0.15) is 44.2 Å². The smallest absolute Gasteiger partial charge is 0.363 e. The number of nitrogens with zero attached hydrogens (tertiary/aromatic N) is 2. The highest BCUT2D eigenvalue weighted by Gasteiger charge is 2.26. The van der Waals surface area contributed by atoms with E-state index in [1.165, 1.54) is 0 Å². The molecule has 0 unspecified atom stereocenters. The lowest BCUT2D eigenvalue weighted by Crippen LogP contribution is -2.38. The van der Waals surface area contributed by atoms with Crippen LogP contribution in [0.4, 0.5) is 0 Å². The number of benzene rings is 2. The van der Waals surface area contributed by atoms with Crippen LogP contribution in [0, 0.1) is 0 Å². The second-order valence-corrected chi connectivity index (χ2v) is 8.13. The maximum atomic E-state index is 12.5. The molecule has 1 saturated heterocycles. The molecule has 0 aliphatic carbocycles. The number of rotatable bonds is 9. The van der Waals surface area contributed by atoms with Crippen molar-refractivity contribution in [2.24, 2.45) is 4.99 Å². The minimum Gasteiger partial charge on any atom is -0.493 e. The fraction of sp³-hybridized carbons (Fsp3) is 0.370. The average molecular weight is 479 g/mol. The maximum absolute atomic E-state index is 12.5. The Labute approximate surface area is 205 Å². The van der Waals surface area contributed by atoms with E-state index in [1.807, 2.05) is 30.9 Å². The van der Waals surface area contributed by atoms with Crippen molar-refractivity contribution in [3.8, 4) is 17.2 Å². The summed E-state index contributed by atoms with van der Waals surface area (Å²) < 4.78 is 22.6. The number of cyclic esters (lactones) is 1. The standard InChI is InChI=1S/C27H30N2O6/c1-3-32-22-11-7-6-10-20(22)26-28-21(27(31)35-26)16-19-12-13-23(24(17-19)33-4-2)34-18-25(30)29-14-8-5-9-15-29/h6-7,10-13,16-17H,3-5,8-9,14-15,18H2,1-2H3/b21-16-. The molecule has 2 aromatic rings. The highest BCUT2D eigenvalue weighted by Crippen LogP contribution is 2.31. The molecule has 0 atom stereocenters. The van der Waals surface area contributed by atoms with E-state index in [0.717, 1.165) is 32.4 Å². The first-order chi connectivity index (χ1) is 17.1. The summed E-state index contributed by atoms with van der Waals surface area (Å²) >= 11 is 0. The number of esters is 1. The molecule has 1 fully saturated rings. The van der Waals surface area contributed by atoms with Gasteiger partial charge in [0.15, 0.2) is 23.8 Å². The first-order valence-electron chi connectivity index (χ1n) is 12.0. The Morgan fingerprint density at radius 3 is 2.49 bits per heavy atom. The molecule has 2 heterocycles. The van der Waals surface area contributed by atoms with Crippen molar-refractivity contribution in [2.45, 2.75) is 33.1 Å². The van der Waals surface area contributed by atoms with Gasteiger partial charge in [-0.2, -0.15) is 0 Å². The van der Waals surface area contributed by atoms with Gasteiger partial charge in [-0.3, -0.25) is 4.79 Å². The predicted molar refractivity (Wildman–Crippen MR) is 132 cm³/mol. The van der Waals surface area contributed by atoms with Crippen molar-refractivity contribution in [1.82, 2.24) is 4.90 Å². The van der Waals surface area contributed by atoms with Crippen LogP contribution in [0.25, 0.3) is 6.08 Å². The molecular formula is C27H30N2O6. The van der Waals surface area contributed by atoms with Crippen LogP contribution < -0.4 is 14.2 Å². The van der Waals surface area contributed by atoms with Gasteiger partial charge in [0, 0.05) is 13.1 Å². The molecule has 0 radical (unpaired) electrons. The number of aliphatic imine (C=N–C) groups is 1. The Kier molecular flexibility index (Phi) is 8.03. The zero-order valence-corrected chi connectivity index (χ0v) is 20.1. The number of carbonyl (C=O) groups is 2. The van der Waals surface area contributed by atoms with Crippen LogP contribution in [0.5, 0.6) is 17.2 Å². The lowest BCUT2D eigenvalue weighted by molar-refractivity contribution is -0.134. The normalized spacial score (nSPS) is 16.6. The quantitative estimate of drug-likeness (QED) is 0.396. The molecule has 2 aliphatic heterocycles. The van der Waals surface area contributed by atoms with E-state index in [9.17, 15) is 9.59 Å². The van der Waals surface area contributed by atoms with Crippen molar-refractivity contribution < 1.29 is 28.5 Å². The fourth-order valence-corrected chi connectivity index (χ4v) is 3.98. The van der Waals surface area contributed by atoms with Crippen molar-refractivity contribution >= 4 is 23.9 Å². The van der Waals surface area contributed by atoms with Gasteiger partial charge in [0.2, 0.25) is 5.90 Å². The summed E-state index contributed by atoms with van der Waals surface area (Å²) in [5.41, 5.74) is 1.48. The molecule has 0 saturated carbocycles. The number of carbonyl (C=O) groups excluding carboxylic acids is 2. The van der Waals surface area contributed by atoms with E-state index < -0.39 is 5.97 Å². The number of hydrogen-bond acceptors (Lipinski definition) is 7. The summed E-state index contributed by atoms with van der Waals surface area (Å²) in [5, 5.41) is 0. The molecule has 8 heteroatoms. The summed E-state index contributed by atoms with van der Waals surface area (Å²) in [4.78, 5) is 31.2. The van der Waals surface area contributed by atoms with Crippen molar-refractivity contribution in [3.63, 3.8) is 0 Å². The third-order valence-corrected chi connectivity index (χ3v) is 5.67. The number of likely N-dealkylation sites (tertiary alicyclic amines) is 1. The van der Waals surface area contributed by atoms with Gasteiger partial charge in [-0.1, -0.05) is 18.2 Å². The number of hydrogen-bond donors (Lipinski definition) is 0. The highest BCUT2D eigenvalue weighted by molar-refractivity contribution is 6.13. The van der Waals surface area contributed by atoms with Crippen LogP contribution in [-0.2, 0) is 14.3 Å². The van der Waals surface area contributed by atoms with E-state index in [1.54, 1.807) is 36.4 Å². The molecule has 4 rings (SSSR count). The second-order valence-electron chi connectivity index (χ2n) is 8.13. The first kappa shape index (κ1) is 24.3. The number of amides is 1. The average Bonchev–Trinajstić information content (AvgIpc) is 3.24. The molecule has 35 heavy (non-hydrogen) atoms. The maximum Gasteiger partial charge on any atom is 0.363 e. The molecule has 0 spiro atoms. The summed E-state index contributed by atoms with van der Waals surface area (Å²) in [6, 6.07) is 12.6. The summed E-state index contributed by atoms with van der Waals surface area (Å²) in [5.74, 6) is 1.19. The Hall–Kier alpha value is -3.81. The Morgan fingerprint density at radius 1 is 0.971 bits per heavy atom. The lowest BCUT2D eigenvalue weighted by atomic mass is 10.1. The Morgan fingerprint density at radius 2 is 1.71 bits per heavy atom. The molecule has 8 nitrogen and oxygen atoms in total. The molecule has 0 aromatic heterocycles. The highest BCUT2D eigenvalue weighted by atomic mass is 16.6. The fourth-order valence-electron chi connectivity index (χ4n) is 3.98. The Bertz CT molecular complexity index is 1130. The SMILES string of the molecule is CCOc1cc(/C=C2\N=C(c3ccccc3OCC)OC2=O)ccc1OCC(=O)N1CCCCC1. The second kappa shape index (κ2) is 11.6. The molecular weight excluding hydrogens is 448 g/mol. The van der Waals surface area contributed by atoms with Gasteiger partial charge < -0.3 is 23.8 Å². The number of para-hydroxylation sites is 1. The van der Waals surface area contributed by atoms with Gasteiger partial charge in [0.25, 0.3) is 5.91 Å². The molecule has 184 valence electrons. The number of ether oxygens (including phenoxy) is 4. The monoisotopic (exact) mass is 478 g/mol. The van der Waals surface area contributed by atoms with Crippen LogP contribution in [0.3, 0.4) is 0 Å². The van der Waals surface area contributed by atoms with E-state index in [2.05, 4.69) is 4.99 Å². The topological polar surface area (TPSA) is 86.7 Å². The van der Waals surface area contributed by atoms with Crippen molar-refractivity contribution in [3.05, 3.63) is 59.3 Å². The minimum atomic E-state index is -0.545. The van der Waals surface area contributed by atoms with Crippen LogP contribution in [0.2, 0.25) is 0 Å².